The van der Waals surface area contributed by atoms with Crippen molar-refractivity contribution in [3.05, 3.63) is 0 Å². The van der Waals surface area contributed by atoms with Gasteiger partial charge in [0.2, 0.25) is 10.0 Å². The minimum absolute atomic E-state index is 0.112. The molecule has 0 radical (unpaired) electrons. The quantitative estimate of drug-likeness (QED) is 0.406. The number of hydrogen-bond donors (Lipinski definition) is 2. The highest BCUT2D eigenvalue weighted by molar-refractivity contribution is 7.89. The normalized spacial score (nSPS) is 12.9. The first-order valence-corrected chi connectivity index (χ1v) is 7.26. The number of ether oxygens (including phenoxy) is 2. The number of rotatable bonds is 10. The van der Waals surface area contributed by atoms with Crippen molar-refractivity contribution < 1.29 is 32.6 Å². The van der Waals surface area contributed by atoms with E-state index in [-0.39, 0.29) is 12.8 Å². The molecule has 19 heavy (non-hydrogen) atoms. The van der Waals surface area contributed by atoms with Gasteiger partial charge in [-0.15, -0.1) is 0 Å². The van der Waals surface area contributed by atoms with Crippen LogP contribution in [0.4, 0.5) is 0 Å². The maximum absolute atomic E-state index is 11.6. The standard InChI is InChI=1S/C10H19NO7S/c1-17-6-3-4-8(10(13)14)11-19(15,16)7-5-9(12)18-2/h8,11H,3-7H2,1-2H3,(H,13,14). The molecule has 0 saturated heterocycles. The number of nitrogens with one attached hydrogen (secondary N) is 1. The van der Waals surface area contributed by atoms with Crippen molar-refractivity contribution in [3.8, 4) is 0 Å². The highest BCUT2D eigenvalue weighted by Gasteiger charge is 2.24. The summed E-state index contributed by atoms with van der Waals surface area (Å²) in [6.45, 7) is 0.341. The fourth-order valence-electron chi connectivity index (χ4n) is 1.26. The fraction of sp³-hybridized carbons (Fsp3) is 0.800. The molecule has 1 unspecified atom stereocenters. The lowest BCUT2D eigenvalue weighted by Crippen LogP contribution is -2.42. The predicted molar refractivity (Wildman–Crippen MR) is 66.1 cm³/mol. The van der Waals surface area contributed by atoms with Crippen LogP contribution in [0.15, 0.2) is 0 Å². The van der Waals surface area contributed by atoms with Crippen LogP contribution in [0.3, 0.4) is 0 Å². The summed E-state index contributed by atoms with van der Waals surface area (Å²) >= 11 is 0. The van der Waals surface area contributed by atoms with E-state index in [9.17, 15) is 18.0 Å². The Kier molecular flexibility index (Phi) is 8.28. The summed E-state index contributed by atoms with van der Waals surface area (Å²) in [4.78, 5) is 21.7. The lowest BCUT2D eigenvalue weighted by molar-refractivity contribution is -0.140. The van der Waals surface area contributed by atoms with Crippen LogP contribution in [0.5, 0.6) is 0 Å². The van der Waals surface area contributed by atoms with Crippen LogP contribution in [0.25, 0.3) is 0 Å². The van der Waals surface area contributed by atoms with Gasteiger partial charge in [0.05, 0.1) is 19.3 Å². The molecule has 8 nitrogen and oxygen atoms in total. The van der Waals surface area contributed by atoms with Crippen molar-refractivity contribution in [1.82, 2.24) is 4.72 Å². The molecular weight excluding hydrogens is 278 g/mol. The molecule has 2 N–H and O–H groups in total. The molecule has 0 rings (SSSR count). The molecule has 0 aromatic rings. The van der Waals surface area contributed by atoms with Crippen LogP contribution >= 0.6 is 0 Å². The first kappa shape index (κ1) is 17.8. The van der Waals surface area contributed by atoms with Crippen molar-refractivity contribution in [2.24, 2.45) is 0 Å². The lowest BCUT2D eigenvalue weighted by Gasteiger charge is -2.14. The minimum Gasteiger partial charge on any atom is -0.480 e. The van der Waals surface area contributed by atoms with Crippen LogP contribution < -0.4 is 4.72 Å². The summed E-state index contributed by atoms with van der Waals surface area (Å²) in [5.74, 6) is -2.44. The molecule has 0 aromatic heterocycles. The highest BCUT2D eigenvalue weighted by Crippen LogP contribution is 2.02. The van der Waals surface area contributed by atoms with Crippen molar-refractivity contribution in [2.45, 2.75) is 25.3 Å². The molecule has 0 saturated carbocycles. The fourth-order valence-corrected chi connectivity index (χ4v) is 2.47. The van der Waals surface area contributed by atoms with Crippen LogP contribution in [-0.2, 0) is 29.1 Å². The molecule has 0 fully saturated rings. The van der Waals surface area contributed by atoms with Gasteiger partial charge in [-0.05, 0) is 12.8 Å². The summed E-state index contributed by atoms with van der Waals surface area (Å²) in [6.07, 6.45) is 0.198. The molecule has 0 aliphatic carbocycles. The number of carboxylic acid groups (broad SMARTS) is 1. The molecule has 112 valence electrons. The molecule has 1 atom stereocenters. The zero-order valence-corrected chi connectivity index (χ0v) is 11.7. The average Bonchev–Trinajstić information content (AvgIpc) is 2.34. The number of esters is 1. The summed E-state index contributed by atoms with van der Waals surface area (Å²) < 4.78 is 34.3. The molecule has 9 heteroatoms. The van der Waals surface area contributed by atoms with Gasteiger partial charge in [0, 0.05) is 13.7 Å². The summed E-state index contributed by atoms with van der Waals surface area (Å²) in [7, 11) is -1.23. The molecule has 0 aliphatic rings. The Bertz CT molecular complexity index is 393. The van der Waals surface area contributed by atoms with Gasteiger partial charge in [-0.2, -0.15) is 0 Å². The third kappa shape index (κ3) is 8.51. The number of hydrogen-bond acceptors (Lipinski definition) is 6. The third-order valence-electron chi connectivity index (χ3n) is 2.26. The summed E-state index contributed by atoms with van der Waals surface area (Å²) in [6, 6.07) is -1.22. The first-order chi connectivity index (χ1) is 8.82. The van der Waals surface area contributed by atoms with Gasteiger partial charge in [-0.25, -0.2) is 13.1 Å². The summed E-state index contributed by atoms with van der Waals surface area (Å²) in [5.41, 5.74) is 0. The largest absolute Gasteiger partial charge is 0.480 e. The second-order valence-corrected chi connectivity index (χ2v) is 5.66. The van der Waals surface area contributed by atoms with E-state index in [0.717, 1.165) is 7.11 Å². The smallest absolute Gasteiger partial charge is 0.321 e. The van der Waals surface area contributed by atoms with Gasteiger partial charge >= 0.3 is 11.9 Å². The second-order valence-electron chi connectivity index (χ2n) is 3.79. The number of carbonyl (C=O) groups excluding carboxylic acids is 1. The van der Waals surface area contributed by atoms with E-state index in [1.807, 2.05) is 4.72 Å². The monoisotopic (exact) mass is 297 g/mol. The number of methoxy groups -OCH3 is 2. The Morgan fingerprint density at radius 3 is 2.42 bits per heavy atom. The van der Waals surface area contributed by atoms with Gasteiger partial charge in [0.25, 0.3) is 0 Å². The number of carboxylic acids is 1. The van der Waals surface area contributed by atoms with Gasteiger partial charge in [-0.3, -0.25) is 9.59 Å². The first-order valence-electron chi connectivity index (χ1n) is 5.61. The summed E-state index contributed by atoms with van der Waals surface area (Å²) in [5, 5.41) is 8.90. The van der Waals surface area contributed by atoms with Crippen LogP contribution in [-0.4, -0.2) is 58.1 Å². The molecule has 0 aliphatic heterocycles. The van der Waals surface area contributed by atoms with Gasteiger partial charge in [-0.1, -0.05) is 0 Å². The third-order valence-corrected chi connectivity index (χ3v) is 3.65. The topological polar surface area (TPSA) is 119 Å². The van der Waals surface area contributed by atoms with Crippen LogP contribution in [0.1, 0.15) is 19.3 Å². The van der Waals surface area contributed by atoms with E-state index in [2.05, 4.69) is 4.74 Å². The Hall–Kier alpha value is -1.19. The molecule has 0 bridgehead atoms. The molecule has 0 amide bonds. The Morgan fingerprint density at radius 2 is 1.95 bits per heavy atom. The zero-order valence-electron chi connectivity index (χ0n) is 10.9. The Labute approximate surface area is 112 Å². The van der Waals surface area contributed by atoms with E-state index < -0.39 is 33.8 Å². The Morgan fingerprint density at radius 1 is 1.32 bits per heavy atom. The highest BCUT2D eigenvalue weighted by atomic mass is 32.2. The van der Waals surface area contributed by atoms with E-state index in [0.29, 0.717) is 13.0 Å². The predicted octanol–water partition coefficient (Wildman–Crippen LogP) is -0.651. The number of aliphatic carboxylic acids is 1. The van der Waals surface area contributed by atoms with E-state index in [1.165, 1.54) is 7.11 Å². The van der Waals surface area contributed by atoms with Crippen LogP contribution in [0, 0.1) is 0 Å². The maximum Gasteiger partial charge on any atom is 0.321 e. The van der Waals surface area contributed by atoms with Crippen molar-refractivity contribution in [3.63, 3.8) is 0 Å². The number of sulfonamides is 1. The second kappa shape index (κ2) is 8.83. The van der Waals surface area contributed by atoms with Gasteiger partial charge in [0.1, 0.15) is 6.04 Å². The number of carbonyl (C=O) groups is 2. The van der Waals surface area contributed by atoms with E-state index >= 15 is 0 Å². The maximum atomic E-state index is 11.6. The van der Waals surface area contributed by atoms with Crippen molar-refractivity contribution in [2.75, 3.05) is 26.6 Å². The minimum atomic E-state index is -3.84. The van der Waals surface area contributed by atoms with Gasteiger partial charge < -0.3 is 14.6 Å². The van der Waals surface area contributed by atoms with Crippen molar-refractivity contribution in [1.29, 1.82) is 0 Å². The zero-order chi connectivity index (χ0) is 14.9. The SMILES string of the molecule is COCCCC(NS(=O)(=O)CCC(=O)OC)C(=O)O. The van der Waals surface area contributed by atoms with E-state index in [4.69, 9.17) is 9.84 Å². The Balaban J connectivity index is 4.39. The van der Waals surface area contributed by atoms with Crippen LogP contribution in [0.2, 0.25) is 0 Å². The molecule has 0 spiro atoms. The molecule has 0 heterocycles. The van der Waals surface area contributed by atoms with E-state index in [1.54, 1.807) is 0 Å². The van der Waals surface area contributed by atoms with Gasteiger partial charge in [0.15, 0.2) is 0 Å². The molecule has 0 aromatic carbocycles. The lowest BCUT2D eigenvalue weighted by atomic mass is 10.2. The molecular formula is C10H19NO7S. The van der Waals surface area contributed by atoms with Crippen molar-refractivity contribution >= 4 is 22.0 Å². The average molecular weight is 297 g/mol.